The molecule has 0 spiro atoms. The van der Waals surface area contributed by atoms with Gasteiger partial charge in [0.25, 0.3) is 0 Å². The maximum absolute atomic E-state index is 13.3. The van der Waals surface area contributed by atoms with Crippen molar-refractivity contribution in [2.24, 2.45) is 0 Å². The van der Waals surface area contributed by atoms with Crippen LogP contribution >= 0.6 is 0 Å². The van der Waals surface area contributed by atoms with Gasteiger partial charge < -0.3 is 4.42 Å². The Kier molecular flexibility index (Phi) is 3.36. The van der Waals surface area contributed by atoms with Gasteiger partial charge in [0.1, 0.15) is 11.5 Å². The lowest BCUT2D eigenvalue weighted by atomic mass is 9.83. The first kappa shape index (κ1) is 14.9. The number of carbonyl (C=O) groups is 1. The van der Waals surface area contributed by atoms with E-state index < -0.39 is 0 Å². The third-order valence-electron chi connectivity index (χ3n) is 4.94. The third-order valence-corrected chi connectivity index (χ3v) is 4.94. The Hall–Kier alpha value is -3.39. The number of benzene rings is 3. The maximum atomic E-state index is 13.3. The van der Waals surface area contributed by atoms with Gasteiger partial charge in [-0.05, 0) is 5.56 Å². The van der Waals surface area contributed by atoms with E-state index in [2.05, 4.69) is 0 Å². The molecule has 26 heavy (non-hydrogen) atoms. The lowest BCUT2D eigenvalue weighted by Gasteiger charge is -2.16. The third kappa shape index (κ3) is 2.23. The summed E-state index contributed by atoms with van der Waals surface area (Å²) in [6.45, 7) is 0. The molecule has 0 fully saturated rings. The quantitative estimate of drug-likeness (QED) is 0.411. The lowest BCUT2D eigenvalue weighted by Crippen LogP contribution is -2.14. The SMILES string of the molecule is O=C1c2ccccc2Cc2c(-c3ccccc3)oc(-c3ccccc3)c21. The van der Waals surface area contributed by atoms with Gasteiger partial charge in [-0.3, -0.25) is 4.79 Å². The van der Waals surface area contributed by atoms with E-state index in [-0.39, 0.29) is 5.78 Å². The van der Waals surface area contributed by atoms with E-state index in [1.54, 1.807) is 0 Å². The summed E-state index contributed by atoms with van der Waals surface area (Å²) in [6.07, 6.45) is 0.706. The highest BCUT2D eigenvalue weighted by molar-refractivity contribution is 6.16. The lowest BCUT2D eigenvalue weighted by molar-refractivity contribution is 0.103. The van der Waals surface area contributed by atoms with E-state index in [1.165, 1.54) is 0 Å². The average Bonchev–Trinajstić information content (AvgIpc) is 3.09. The van der Waals surface area contributed by atoms with Gasteiger partial charge in [-0.15, -0.1) is 0 Å². The van der Waals surface area contributed by atoms with Crippen LogP contribution < -0.4 is 0 Å². The molecule has 0 amide bonds. The number of fused-ring (bicyclic) bond motifs is 2. The van der Waals surface area contributed by atoms with E-state index in [4.69, 9.17) is 4.42 Å². The molecule has 0 saturated carbocycles. The number of rotatable bonds is 2. The molecule has 0 aliphatic heterocycles. The Morgan fingerprint density at radius 1 is 0.654 bits per heavy atom. The van der Waals surface area contributed by atoms with Crippen molar-refractivity contribution in [2.45, 2.75) is 6.42 Å². The Bertz CT molecular complexity index is 1110. The summed E-state index contributed by atoms with van der Waals surface area (Å²) in [6, 6.07) is 27.7. The standard InChI is InChI=1S/C24H16O2/c25-22-19-14-8-7-13-18(19)15-20-21(22)24(17-11-5-2-6-12-17)26-23(20)16-9-3-1-4-10-16/h1-14H,15H2. The normalized spacial score (nSPS) is 12.5. The molecule has 4 aromatic rings. The second-order valence-corrected chi connectivity index (χ2v) is 6.51. The van der Waals surface area contributed by atoms with Crippen molar-refractivity contribution in [2.75, 3.05) is 0 Å². The van der Waals surface area contributed by atoms with Crippen LogP contribution in [0.1, 0.15) is 27.0 Å². The van der Waals surface area contributed by atoms with Gasteiger partial charge >= 0.3 is 0 Å². The topological polar surface area (TPSA) is 30.2 Å². The number of furan rings is 1. The van der Waals surface area contributed by atoms with E-state index in [1.807, 2.05) is 84.9 Å². The summed E-state index contributed by atoms with van der Waals surface area (Å²) in [7, 11) is 0. The molecular weight excluding hydrogens is 320 g/mol. The highest BCUT2D eigenvalue weighted by Crippen LogP contribution is 2.42. The van der Waals surface area contributed by atoms with Crippen LogP contribution in [-0.2, 0) is 6.42 Å². The summed E-state index contributed by atoms with van der Waals surface area (Å²) in [5.74, 6) is 1.51. The molecule has 0 atom stereocenters. The second-order valence-electron chi connectivity index (χ2n) is 6.51. The van der Waals surface area contributed by atoms with Crippen LogP contribution in [0.15, 0.2) is 89.3 Å². The Balaban J connectivity index is 1.80. The minimum atomic E-state index is 0.0478. The first-order valence-corrected chi connectivity index (χ1v) is 8.72. The van der Waals surface area contributed by atoms with Crippen molar-refractivity contribution in [3.63, 3.8) is 0 Å². The van der Waals surface area contributed by atoms with Gasteiger partial charge in [-0.1, -0.05) is 84.9 Å². The van der Waals surface area contributed by atoms with Crippen molar-refractivity contribution in [1.29, 1.82) is 0 Å². The number of ketones is 1. The van der Waals surface area contributed by atoms with Crippen molar-refractivity contribution in [3.8, 4) is 22.6 Å². The molecule has 2 heteroatoms. The van der Waals surface area contributed by atoms with Crippen LogP contribution in [0, 0.1) is 0 Å². The Morgan fingerprint density at radius 3 is 1.92 bits per heavy atom. The molecule has 5 rings (SSSR count). The zero-order valence-corrected chi connectivity index (χ0v) is 14.1. The number of carbonyl (C=O) groups excluding carboxylic acids is 1. The van der Waals surface area contributed by atoms with Crippen molar-refractivity contribution in [3.05, 3.63) is 107 Å². The molecule has 1 heterocycles. The van der Waals surface area contributed by atoms with E-state index in [9.17, 15) is 4.79 Å². The highest BCUT2D eigenvalue weighted by atomic mass is 16.3. The molecule has 3 aromatic carbocycles. The summed E-state index contributed by atoms with van der Waals surface area (Å²) in [5, 5.41) is 0. The molecule has 1 aromatic heterocycles. The van der Waals surface area contributed by atoms with Crippen LogP contribution in [0.25, 0.3) is 22.6 Å². The van der Waals surface area contributed by atoms with E-state index in [0.29, 0.717) is 17.7 Å². The van der Waals surface area contributed by atoms with Crippen LogP contribution in [0.5, 0.6) is 0 Å². The molecule has 124 valence electrons. The monoisotopic (exact) mass is 336 g/mol. The molecule has 0 radical (unpaired) electrons. The van der Waals surface area contributed by atoms with Crippen LogP contribution in [0.3, 0.4) is 0 Å². The molecule has 0 saturated heterocycles. The minimum Gasteiger partial charge on any atom is -0.455 e. The first-order valence-electron chi connectivity index (χ1n) is 8.72. The molecule has 2 nitrogen and oxygen atoms in total. The van der Waals surface area contributed by atoms with Crippen molar-refractivity contribution < 1.29 is 9.21 Å². The van der Waals surface area contributed by atoms with Crippen LogP contribution in [0.2, 0.25) is 0 Å². The van der Waals surface area contributed by atoms with Crippen molar-refractivity contribution >= 4 is 5.78 Å². The van der Waals surface area contributed by atoms with Gasteiger partial charge in [0.15, 0.2) is 5.78 Å². The fourth-order valence-corrected chi connectivity index (χ4v) is 3.71. The summed E-state index contributed by atoms with van der Waals surface area (Å²) in [5.41, 5.74) is 5.45. The molecule has 0 N–H and O–H groups in total. The average molecular weight is 336 g/mol. The largest absolute Gasteiger partial charge is 0.455 e. The van der Waals surface area contributed by atoms with Gasteiger partial charge in [-0.2, -0.15) is 0 Å². The van der Waals surface area contributed by atoms with E-state index >= 15 is 0 Å². The van der Waals surface area contributed by atoms with Gasteiger partial charge in [0.2, 0.25) is 0 Å². The highest BCUT2D eigenvalue weighted by Gasteiger charge is 2.32. The van der Waals surface area contributed by atoms with Crippen LogP contribution in [0.4, 0.5) is 0 Å². The fourth-order valence-electron chi connectivity index (χ4n) is 3.71. The molecule has 1 aliphatic rings. The summed E-state index contributed by atoms with van der Waals surface area (Å²) < 4.78 is 6.32. The minimum absolute atomic E-state index is 0.0478. The predicted octanol–water partition coefficient (Wildman–Crippen LogP) is 5.75. The Morgan fingerprint density at radius 2 is 1.23 bits per heavy atom. The smallest absolute Gasteiger partial charge is 0.197 e. The maximum Gasteiger partial charge on any atom is 0.197 e. The molecule has 0 unspecified atom stereocenters. The van der Waals surface area contributed by atoms with Crippen LogP contribution in [-0.4, -0.2) is 5.78 Å². The predicted molar refractivity (Wildman–Crippen MR) is 102 cm³/mol. The number of hydrogen-bond donors (Lipinski definition) is 0. The molecule has 1 aliphatic carbocycles. The zero-order chi connectivity index (χ0) is 17.5. The van der Waals surface area contributed by atoms with Gasteiger partial charge in [0.05, 0.1) is 5.56 Å². The summed E-state index contributed by atoms with van der Waals surface area (Å²) >= 11 is 0. The fraction of sp³-hybridized carbons (Fsp3) is 0.0417. The Labute approximate surface area is 151 Å². The second kappa shape index (κ2) is 5.85. The number of hydrogen-bond acceptors (Lipinski definition) is 2. The molecular formula is C24H16O2. The van der Waals surface area contributed by atoms with E-state index in [0.717, 1.165) is 33.6 Å². The molecule has 0 bridgehead atoms. The first-order chi connectivity index (χ1) is 12.8. The van der Waals surface area contributed by atoms with Crippen molar-refractivity contribution in [1.82, 2.24) is 0 Å². The van der Waals surface area contributed by atoms with Gasteiger partial charge in [0, 0.05) is 28.7 Å². The zero-order valence-electron chi connectivity index (χ0n) is 14.1. The summed E-state index contributed by atoms with van der Waals surface area (Å²) in [4.78, 5) is 13.3. The van der Waals surface area contributed by atoms with Gasteiger partial charge in [-0.25, -0.2) is 0 Å².